The van der Waals surface area contributed by atoms with Gasteiger partial charge in [-0.25, -0.2) is 0 Å². The Morgan fingerprint density at radius 1 is 0.923 bits per heavy atom. The topological polar surface area (TPSA) is 104 Å². The Balaban J connectivity index is -0.0000000450. The molecule has 0 fully saturated rings. The summed E-state index contributed by atoms with van der Waals surface area (Å²) in [6.07, 6.45) is 0. The first kappa shape index (κ1) is 23.5. The summed E-state index contributed by atoms with van der Waals surface area (Å²) in [5, 5.41) is 0. The molecule has 4 nitrogen and oxygen atoms in total. The van der Waals surface area contributed by atoms with Crippen LogP contribution in [0, 0.1) is 0 Å². The summed E-state index contributed by atoms with van der Waals surface area (Å²) in [5.74, 6) is 0. The molecule has 9 heteroatoms. The van der Waals surface area contributed by atoms with Crippen molar-refractivity contribution in [1.82, 2.24) is 0 Å². The van der Waals surface area contributed by atoms with Gasteiger partial charge in [-0.05, 0) is 0 Å². The largest absolute Gasteiger partial charge is 2.00 e. The monoisotopic (exact) mass is 299 g/mol. The van der Waals surface area contributed by atoms with Gasteiger partial charge in [0.25, 0.3) is 0 Å². The molecule has 0 amide bonds. The van der Waals surface area contributed by atoms with Crippen molar-refractivity contribution in [1.29, 1.82) is 0 Å². The molecule has 0 aromatic carbocycles. The molecular weight excluding hydrogens is 287 g/mol. The van der Waals surface area contributed by atoms with Gasteiger partial charge in [-0.2, -0.15) is 0 Å². The predicted octanol–water partition coefficient (Wildman–Crippen LogP) is -1.54. The van der Waals surface area contributed by atoms with Crippen LogP contribution in [0.1, 0.15) is 0 Å². The fourth-order valence-electron chi connectivity index (χ4n) is 0. The molecule has 0 aliphatic carbocycles. The molecule has 79 valence electrons. The standard InChI is InChI=1S/C2H8N2.2CH3NS2.Mn/c3-1-2-4;2*2-1(3)4;/h1-4H2;2*(H3,2,3,4);/q;;;+2/p-2. The molecule has 0 aliphatic rings. The summed E-state index contributed by atoms with van der Waals surface area (Å²) in [7, 11) is 0. The second-order valence-corrected chi connectivity index (χ2v) is 3.49. The van der Waals surface area contributed by atoms with E-state index in [0.717, 1.165) is 0 Å². The quantitative estimate of drug-likeness (QED) is 0.262. The normalized spacial score (nSPS) is 6.00. The Morgan fingerprint density at radius 2 is 1.00 bits per heavy atom. The van der Waals surface area contributed by atoms with Gasteiger partial charge in [-0.15, -0.1) is 0 Å². The average Bonchev–Trinajstić information content (AvgIpc) is 1.85. The Labute approximate surface area is 111 Å². The fourth-order valence-corrected chi connectivity index (χ4v) is 0. The van der Waals surface area contributed by atoms with Gasteiger partial charge in [-0.1, -0.05) is 8.64 Å². The third-order valence-electron chi connectivity index (χ3n) is 0.167. The Bertz CT molecular complexity index is 101. The van der Waals surface area contributed by atoms with Crippen molar-refractivity contribution < 1.29 is 17.1 Å². The molecule has 0 bridgehead atoms. The van der Waals surface area contributed by atoms with Gasteiger partial charge >= 0.3 is 17.1 Å². The summed E-state index contributed by atoms with van der Waals surface area (Å²) in [6, 6.07) is 0. The summed E-state index contributed by atoms with van der Waals surface area (Å²) in [6.45, 7) is 1.19. The average molecular weight is 299 g/mol. The van der Waals surface area contributed by atoms with Gasteiger partial charge in [0.05, 0.1) is 0 Å². The van der Waals surface area contributed by atoms with Gasteiger partial charge in [-0.3, -0.25) is 0 Å². The number of rotatable bonds is 1. The van der Waals surface area contributed by atoms with E-state index >= 15 is 0 Å². The first-order valence-electron chi connectivity index (χ1n) is 2.71. The molecule has 0 aromatic rings. The minimum atomic E-state index is 0. The number of hydrogen-bond donors (Lipinski definition) is 4. The number of nitrogens with two attached hydrogens (primary N) is 4. The van der Waals surface area contributed by atoms with E-state index in [9.17, 15) is 0 Å². The summed E-state index contributed by atoms with van der Waals surface area (Å²) >= 11 is 16.5. The first-order chi connectivity index (χ1) is 5.38. The van der Waals surface area contributed by atoms with E-state index in [1.807, 2.05) is 0 Å². The van der Waals surface area contributed by atoms with Crippen molar-refractivity contribution in [3.63, 3.8) is 0 Å². The maximum absolute atomic E-state index is 4.90. The summed E-state index contributed by atoms with van der Waals surface area (Å²) in [5.41, 5.74) is 19.1. The molecule has 0 aromatic heterocycles. The first-order valence-corrected chi connectivity index (χ1v) is 4.34. The molecule has 1 radical (unpaired) electrons. The molecular formula is C4H12MnN4S4. The maximum Gasteiger partial charge on any atom is 2.00 e. The summed E-state index contributed by atoms with van der Waals surface area (Å²) in [4.78, 5) is 0. The van der Waals surface area contributed by atoms with Gasteiger partial charge < -0.3 is 72.6 Å². The van der Waals surface area contributed by atoms with E-state index in [1.54, 1.807) is 0 Å². The van der Waals surface area contributed by atoms with Crippen LogP contribution in [0.15, 0.2) is 0 Å². The van der Waals surface area contributed by atoms with Gasteiger partial charge in [0, 0.05) is 13.1 Å². The van der Waals surface area contributed by atoms with E-state index < -0.39 is 0 Å². The van der Waals surface area contributed by atoms with E-state index in [0.29, 0.717) is 13.1 Å². The molecule has 0 saturated carbocycles. The van der Waals surface area contributed by atoms with Crippen LogP contribution in [0.4, 0.5) is 0 Å². The van der Waals surface area contributed by atoms with Crippen molar-refractivity contribution >= 4 is 58.3 Å². The van der Waals surface area contributed by atoms with E-state index in [4.69, 9.17) is 11.5 Å². The zero-order chi connectivity index (χ0) is 10.6. The molecule has 0 spiro atoms. The van der Waals surface area contributed by atoms with Crippen LogP contribution in [0.25, 0.3) is 0 Å². The predicted molar refractivity (Wildman–Crippen MR) is 66.4 cm³/mol. The van der Waals surface area contributed by atoms with Crippen LogP contribution < -0.4 is 22.9 Å². The third kappa shape index (κ3) is 522. The summed E-state index contributed by atoms with van der Waals surface area (Å²) < 4.78 is 0.167. The fraction of sp³-hybridized carbons (Fsp3) is 0.500. The van der Waals surface area contributed by atoms with Crippen molar-refractivity contribution in [3.05, 3.63) is 0 Å². The number of hydrogen-bond acceptors (Lipinski definition) is 6. The molecule has 0 saturated heterocycles. The van der Waals surface area contributed by atoms with Crippen molar-refractivity contribution in [2.45, 2.75) is 0 Å². The van der Waals surface area contributed by atoms with Crippen LogP contribution in [0.3, 0.4) is 0 Å². The van der Waals surface area contributed by atoms with Crippen LogP contribution in [-0.2, 0) is 42.3 Å². The zero-order valence-corrected chi connectivity index (χ0v) is 11.2. The van der Waals surface area contributed by atoms with Crippen molar-refractivity contribution in [2.24, 2.45) is 22.9 Å². The SMILES string of the molecule is NC(=S)[S-].NC(=S)[S-].NCCN.[Mn+2]. The third-order valence-corrected chi connectivity index (χ3v) is 0.167. The smallest absolute Gasteiger partial charge is 0.415 e. The second-order valence-electron chi connectivity index (χ2n) is 1.22. The van der Waals surface area contributed by atoms with Crippen LogP contribution >= 0.6 is 24.4 Å². The van der Waals surface area contributed by atoms with Crippen LogP contribution in [-0.4, -0.2) is 21.7 Å². The minimum absolute atomic E-state index is 0. The van der Waals surface area contributed by atoms with E-state index in [2.05, 4.69) is 61.2 Å². The molecule has 0 atom stereocenters. The van der Waals surface area contributed by atoms with Gasteiger partial charge in [0.1, 0.15) is 0 Å². The molecule has 13 heavy (non-hydrogen) atoms. The van der Waals surface area contributed by atoms with Crippen LogP contribution in [0.5, 0.6) is 0 Å². The maximum atomic E-state index is 4.90. The van der Waals surface area contributed by atoms with Crippen molar-refractivity contribution in [3.8, 4) is 0 Å². The second kappa shape index (κ2) is 23.0. The molecule has 0 aliphatic heterocycles. The Morgan fingerprint density at radius 3 is 1.00 bits per heavy atom. The van der Waals surface area contributed by atoms with Crippen LogP contribution in [0.2, 0.25) is 0 Å². The van der Waals surface area contributed by atoms with Gasteiger partial charge in [0.15, 0.2) is 0 Å². The van der Waals surface area contributed by atoms with Crippen molar-refractivity contribution in [2.75, 3.05) is 13.1 Å². The molecule has 0 unspecified atom stereocenters. The minimum Gasteiger partial charge on any atom is -0.415 e. The Hall–Kier alpha value is 0.659. The Kier molecular flexibility index (Phi) is 41.4. The molecule has 0 heterocycles. The zero-order valence-electron chi connectivity index (χ0n) is 6.73. The molecule has 8 N–H and O–H groups in total. The van der Waals surface area contributed by atoms with E-state index in [-0.39, 0.29) is 25.7 Å². The van der Waals surface area contributed by atoms with Gasteiger partial charge in [0.2, 0.25) is 0 Å². The van der Waals surface area contributed by atoms with E-state index in [1.165, 1.54) is 0 Å². The molecule has 0 rings (SSSR count). The number of thiocarbonyl (C=S) groups is 2.